The summed E-state index contributed by atoms with van der Waals surface area (Å²) in [5, 5.41) is 11.7. The first-order chi connectivity index (χ1) is 10.9. The summed E-state index contributed by atoms with van der Waals surface area (Å²) in [6.07, 6.45) is 7.44. The molecule has 4 heteroatoms. The molecule has 0 radical (unpaired) electrons. The Bertz CT molecular complexity index is 791. The van der Waals surface area contributed by atoms with Crippen LogP contribution >= 0.6 is 0 Å². The van der Waals surface area contributed by atoms with E-state index in [1.54, 1.807) is 0 Å². The van der Waals surface area contributed by atoms with Gasteiger partial charge in [0.1, 0.15) is 5.82 Å². The maximum Gasteiger partial charge on any atom is 0.129 e. The van der Waals surface area contributed by atoms with Crippen molar-refractivity contribution >= 4 is 16.7 Å². The summed E-state index contributed by atoms with van der Waals surface area (Å²) >= 11 is 0. The van der Waals surface area contributed by atoms with Crippen molar-refractivity contribution in [1.29, 1.82) is 0 Å². The van der Waals surface area contributed by atoms with E-state index in [1.807, 2.05) is 6.20 Å². The molecule has 1 aliphatic heterocycles. The van der Waals surface area contributed by atoms with Crippen LogP contribution in [0.4, 0.5) is 5.82 Å². The Hall–Kier alpha value is -2.36. The number of pyridine rings is 1. The lowest BCUT2D eigenvalue weighted by Crippen LogP contribution is -2.14. The fraction of sp³-hybridized carbons (Fsp3) is 0.333. The molecule has 0 spiro atoms. The van der Waals surface area contributed by atoms with E-state index < -0.39 is 0 Å². The predicted octanol–water partition coefficient (Wildman–Crippen LogP) is 3.49. The Morgan fingerprint density at radius 1 is 1.09 bits per heavy atom. The topological polar surface area (TPSA) is 53.6 Å². The fourth-order valence-electron chi connectivity index (χ4n) is 3.12. The van der Waals surface area contributed by atoms with Crippen molar-refractivity contribution in [2.45, 2.75) is 32.1 Å². The van der Waals surface area contributed by atoms with Gasteiger partial charge in [-0.3, -0.25) is 5.10 Å². The summed E-state index contributed by atoms with van der Waals surface area (Å²) in [4.78, 5) is 4.76. The molecule has 0 atom stereocenters. The second kappa shape index (κ2) is 5.79. The Morgan fingerprint density at radius 3 is 3.09 bits per heavy atom. The first-order valence-corrected chi connectivity index (χ1v) is 8.03. The molecule has 2 N–H and O–H groups in total. The molecule has 0 amide bonds. The average molecular weight is 292 g/mol. The zero-order valence-corrected chi connectivity index (χ0v) is 12.6. The Morgan fingerprint density at radius 2 is 2.09 bits per heavy atom. The van der Waals surface area contributed by atoms with Gasteiger partial charge in [-0.2, -0.15) is 5.10 Å². The maximum atomic E-state index is 4.76. The third kappa shape index (κ3) is 2.69. The fourth-order valence-corrected chi connectivity index (χ4v) is 3.12. The highest BCUT2D eigenvalue weighted by atomic mass is 15.1. The highest BCUT2D eigenvalue weighted by Crippen LogP contribution is 2.20. The first kappa shape index (κ1) is 13.3. The molecule has 0 bridgehead atoms. The van der Waals surface area contributed by atoms with Crippen LogP contribution in [0, 0.1) is 0 Å². The first-order valence-electron chi connectivity index (χ1n) is 8.03. The molecule has 22 heavy (non-hydrogen) atoms. The monoisotopic (exact) mass is 292 g/mol. The van der Waals surface area contributed by atoms with Gasteiger partial charge in [0.15, 0.2) is 0 Å². The molecule has 4 nitrogen and oxygen atoms in total. The lowest BCUT2D eigenvalue weighted by molar-refractivity contribution is 0.779. The van der Waals surface area contributed by atoms with E-state index in [-0.39, 0.29) is 0 Å². The Balaban J connectivity index is 1.40. The summed E-state index contributed by atoms with van der Waals surface area (Å²) in [5.74, 6) is 1.10. The molecular formula is C18H20N4. The Kier molecular flexibility index (Phi) is 3.51. The van der Waals surface area contributed by atoms with E-state index >= 15 is 0 Å². The average Bonchev–Trinajstić information content (AvgIpc) is 3.02. The number of rotatable bonds is 4. The van der Waals surface area contributed by atoms with Gasteiger partial charge >= 0.3 is 0 Å². The van der Waals surface area contributed by atoms with Crippen LogP contribution in [-0.2, 0) is 19.3 Å². The summed E-state index contributed by atoms with van der Waals surface area (Å²) in [6, 6.07) is 10.9. The molecule has 0 saturated carbocycles. The molecule has 2 aromatic heterocycles. The van der Waals surface area contributed by atoms with Crippen molar-refractivity contribution in [3.8, 4) is 0 Å². The maximum absolute atomic E-state index is 4.76. The summed E-state index contributed by atoms with van der Waals surface area (Å²) in [6.45, 7) is 1.05. The second-order valence-electron chi connectivity index (χ2n) is 5.99. The number of hydrogen-bond donors (Lipinski definition) is 2. The lowest BCUT2D eigenvalue weighted by Gasteiger charge is -2.17. The number of nitrogens with zero attached hydrogens (tertiary/aromatic N) is 2. The number of anilines is 1. The van der Waals surface area contributed by atoms with Gasteiger partial charge in [-0.05, 0) is 55.4 Å². The van der Waals surface area contributed by atoms with Crippen LogP contribution in [0.3, 0.4) is 0 Å². The summed E-state index contributed by atoms with van der Waals surface area (Å²) in [7, 11) is 0. The summed E-state index contributed by atoms with van der Waals surface area (Å²) < 4.78 is 0. The minimum absolute atomic E-state index is 1.02. The number of aryl methyl sites for hydroxylation is 3. The number of aromatic nitrogens is 3. The van der Waals surface area contributed by atoms with Gasteiger partial charge in [-0.15, -0.1) is 0 Å². The van der Waals surface area contributed by atoms with Crippen molar-refractivity contribution in [2.75, 3.05) is 11.9 Å². The molecular weight excluding hydrogens is 272 g/mol. The van der Waals surface area contributed by atoms with Crippen molar-refractivity contribution in [3.63, 3.8) is 0 Å². The molecule has 1 aromatic carbocycles. The zero-order chi connectivity index (χ0) is 14.8. The molecule has 1 aliphatic rings. The third-order valence-corrected chi connectivity index (χ3v) is 4.36. The SMILES string of the molecule is c1cc2cn[nH]c2cc1CCCc1ccc2c(n1)NCCC2. The van der Waals surface area contributed by atoms with Gasteiger partial charge in [0.2, 0.25) is 0 Å². The highest BCUT2D eigenvalue weighted by Gasteiger charge is 2.10. The predicted molar refractivity (Wildman–Crippen MR) is 89.2 cm³/mol. The smallest absolute Gasteiger partial charge is 0.129 e. The van der Waals surface area contributed by atoms with Crippen molar-refractivity contribution < 1.29 is 0 Å². The van der Waals surface area contributed by atoms with E-state index in [0.29, 0.717) is 0 Å². The number of hydrogen-bond acceptors (Lipinski definition) is 3. The van der Waals surface area contributed by atoms with E-state index in [1.165, 1.54) is 28.6 Å². The van der Waals surface area contributed by atoms with Gasteiger partial charge in [-0.1, -0.05) is 18.2 Å². The van der Waals surface area contributed by atoms with Gasteiger partial charge in [0, 0.05) is 17.6 Å². The van der Waals surface area contributed by atoms with Crippen molar-refractivity contribution in [2.24, 2.45) is 0 Å². The van der Waals surface area contributed by atoms with Gasteiger partial charge in [0.05, 0.1) is 11.7 Å². The van der Waals surface area contributed by atoms with Gasteiger partial charge in [-0.25, -0.2) is 4.98 Å². The normalized spacial score (nSPS) is 13.8. The van der Waals surface area contributed by atoms with Crippen LogP contribution in [0.25, 0.3) is 10.9 Å². The largest absolute Gasteiger partial charge is 0.370 e. The number of H-pyrrole nitrogens is 1. The van der Waals surface area contributed by atoms with Crippen LogP contribution in [0.5, 0.6) is 0 Å². The van der Waals surface area contributed by atoms with E-state index in [2.05, 4.69) is 45.8 Å². The van der Waals surface area contributed by atoms with Gasteiger partial charge in [0.25, 0.3) is 0 Å². The molecule has 0 fully saturated rings. The van der Waals surface area contributed by atoms with Crippen molar-refractivity contribution in [1.82, 2.24) is 15.2 Å². The van der Waals surface area contributed by atoms with Crippen LogP contribution < -0.4 is 5.32 Å². The third-order valence-electron chi connectivity index (χ3n) is 4.36. The molecule has 0 aliphatic carbocycles. The number of benzene rings is 1. The number of fused-ring (bicyclic) bond motifs is 2. The molecule has 3 aromatic rings. The molecule has 3 heterocycles. The summed E-state index contributed by atoms with van der Waals surface area (Å²) in [5.41, 5.74) is 5.02. The van der Waals surface area contributed by atoms with Crippen LogP contribution in [0.2, 0.25) is 0 Å². The van der Waals surface area contributed by atoms with Gasteiger partial charge < -0.3 is 5.32 Å². The molecule has 0 saturated heterocycles. The molecule has 112 valence electrons. The molecule has 0 unspecified atom stereocenters. The number of aromatic amines is 1. The van der Waals surface area contributed by atoms with Crippen molar-refractivity contribution in [3.05, 3.63) is 53.3 Å². The van der Waals surface area contributed by atoms with Crippen LogP contribution in [0.15, 0.2) is 36.5 Å². The second-order valence-corrected chi connectivity index (χ2v) is 5.99. The van der Waals surface area contributed by atoms with E-state index in [9.17, 15) is 0 Å². The minimum atomic E-state index is 1.02. The highest BCUT2D eigenvalue weighted by molar-refractivity contribution is 5.78. The number of nitrogens with one attached hydrogen (secondary N) is 2. The van der Waals surface area contributed by atoms with E-state index in [4.69, 9.17) is 4.98 Å². The van der Waals surface area contributed by atoms with E-state index in [0.717, 1.165) is 43.6 Å². The minimum Gasteiger partial charge on any atom is -0.370 e. The molecule has 4 rings (SSSR count). The van der Waals surface area contributed by atoms with Crippen LogP contribution in [-0.4, -0.2) is 21.7 Å². The van der Waals surface area contributed by atoms with Crippen LogP contribution in [0.1, 0.15) is 29.7 Å². The lowest BCUT2D eigenvalue weighted by atomic mass is 10.0. The quantitative estimate of drug-likeness (QED) is 0.774. The standard InChI is InChI=1S/C18H20N4/c1(3-13-6-7-15-12-20-22-17(15)11-13)5-16-9-8-14-4-2-10-19-18(14)21-16/h6-9,11-12H,1-5,10H2,(H,19,21)(H,20,22). The zero-order valence-electron chi connectivity index (χ0n) is 12.6. The Labute approximate surface area is 130 Å².